The molecule has 0 rings (SSSR count). The van der Waals surface area contributed by atoms with Gasteiger partial charge in [-0.15, -0.1) is 0 Å². The summed E-state index contributed by atoms with van der Waals surface area (Å²) in [4.78, 5) is 33.2. The Morgan fingerprint density at radius 1 is 1.00 bits per heavy atom. The Bertz CT molecular complexity index is 321. The van der Waals surface area contributed by atoms with E-state index in [2.05, 4.69) is 20.8 Å². The van der Waals surface area contributed by atoms with Crippen molar-refractivity contribution in [3.05, 3.63) is 12.2 Å². The van der Waals surface area contributed by atoms with Crippen LogP contribution in [0.2, 0.25) is 0 Å². The van der Waals surface area contributed by atoms with Crippen molar-refractivity contribution in [2.45, 2.75) is 6.42 Å². The van der Waals surface area contributed by atoms with Gasteiger partial charge in [0.15, 0.2) is 6.61 Å². The lowest BCUT2D eigenvalue weighted by molar-refractivity contribution is -0.155. The molecule has 7 nitrogen and oxygen atoms in total. The minimum Gasteiger partial charge on any atom is -0.466 e. The van der Waals surface area contributed by atoms with Gasteiger partial charge in [0.1, 0.15) is 6.61 Å². The highest BCUT2D eigenvalue weighted by Crippen LogP contribution is 2.03. The lowest BCUT2D eigenvalue weighted by Crippen LogP contribution is -2.18. The first-order valence-electron chi connectivity index (χ1n) is 5.07. The molecule has 0 bridgehead atoms. The summed E-state index contributed by atoms with van der Waals surface area (Å²) in [5, 5.41) is 0. The van der Waals surface area contributed by atoms with E-state index in [4.69, 9.17) is 4.74 Å². The van der Waals surface area contributed by atoms with Gasteiger partial charge in [0.05, 0.1) is 20.1 Å². The van der Waals surface area contributed by atoms with Gasteiger partial charge in [-0.25, -0.2) is 9.59 Å². The van der Waals surface area contributed by atoms with Crippen molar-refractivity contribution in [1.82, 2.24) is 0 Å². The molecule has 0 saturated carbocycles. The number of carbonyl (C=O) groups excluding carboxylic acids is 3. The van der Waals surface area contributed by atoms with Crippen LogP contribution in [0.25, 0.3) is 0 Å². The molecule has 0 saturated heterocycles. The second-order valence-corrected chi connectivity index (χ2v) is 3.15. The number of ether oxygens (including phenoxy) is 4. The van der Waals surface area contributed by atoms with Crippen molar-refractivity contribution in [3.8, 4) is 0 Å². The predicted octanol–water partition coefficient (Wildman–Crippen LogP) is -0.161. The van der Waals surface area contributed by atoms with Crippen LogP contribution in [-0.4, -0.2) is 51.9 Å². The molecule has 7 heteroatoms. The van der Waals surface area contributed by atoms with Gasteiger partial charge in [-0.1, -0.05) is 6.58 Å². The number of rotatable bonds is 8. The van der Waals surface area contributed by atoms with E-state index in [-0.39, 0.29) is 25.2 Å². The number of hydrogen-bond donors (Lipinski definition) is 0. The molecule has 0 unspecified atom stereocenters. The van der Waals surface area contributed by atoms with E-state index < -0.39 is 24.5 Å². The molecule has 0 amide bonds. The fourth-order valence-electron chi connectivity index (χ4n) is 0.822. The maximum atomic E-state index is 11.3. The molecule has 0 N–H and O–H groups in total. The van der Waals surface area contributed by atoms with Gasteiger partial charge >= 0.3 is 17.9 Å². The molecule has 0 aromatic heterocycles. The summed E-state index contributed by atoms with van der Waals surface area (Å²) >= 11 is 0. The Hall–Kier alpha value is -1.89. The first-order valence-corrected chi connectivity index (χ1v) is 5.07. The number of carbonyl (C=O) groups is 3. The molecule has 0 aromatic carbocycles. The van der Waals surface area contributed by atoms with Crippen LogP contribution < -0.4 is 0 Å². The van der Waals surface area contributed by atoms with Crippen molar-refractivity contribution in [2.24, 2.45) is 0 Å². The molecule has 0 spiro atoms. The largest absolute Gasteiger partial charge is 0.466 e. The first-order chi connectivity index (χ1) is 8.51. The second kappa shape index (κ2) is 9.17. The third-order valence-electron chi connectivity index (χ3n) is 1.75. The van der Waals surface area contributed by atoms with E-state index in [1.165, 1.54) is 7.11 Å². The van der Waals surface area contributed by atoms with Crippen LogP contribution in [0.3, 0.4) is 0 Å². The summed E-state index contributed by atoms with van der Waals surface area (Å²) < 4.78 is 18.2. The Balaban J connectivity index is 3.89. The fraction of sp³-hybridized carbons (Fsp3) is 0.545. The highest BCUT2D eigenvalue weighted by Gasteiger charge is 2.15. The van der Waals surface area contributed by atoms with Gasteiger partial charge in [-0.05, 0) is 0 Å². The summed E-state index contributed by atoms with van der Waals surface area (Å²) in [5.41, 5.74) is -0.0960. The molecule has 0 aliphatic rings. The van der Waals surface area contributed by atoms with Gasteiger partial charge in [-0.3, -0.25) is 4.79 Å². The zero-order valence-corrected chi connectivity index (χ0v) is 10.4. The summed E-state index contributed by atoms with van der Waals surface area (Å²) in [6.07, 6.45) is -0.302. The van der Waals surface area contributed by atoms with E-state index in [1.54, 1.807) is 0 Å². The minimum atomic E-state index is -0.843. The van der Waals surface area contributed by atoms with E-state index >= 15 is 0 Å². The summed E-state index contributed by atoms with van der Waals surface area (Å²) in [6, 6.07) is 0. The van der Waals surface area contributed by atoms with Crippen molar-refractivity contribution in [1.29, 1.82) is 0 Å². The molecule has 0 atom stereocenters. The van der Waals surface area contributed by atoms with Crippen LogP contribution >= 0.6 is 0 Å². The summed E-state index contributed by atoms with van der Waals surface area (Å²) in [5.74, 6) is -2.16. The number of methoxy groups -OCH3 is 2. The Morgan fingerprint density at radius 3 is 2.22 bits per heavy atom. The van der Waals surface area contributed by atoms with E-state index in [0.29, 0.717) is 0 Å². The van der Waals surface area contributed by atoms with Crippen LogP contribution in [-0.2, 0) is 33.3 Å². The van der Waals surface area contributed by atoms with Gasteiger partial charge in [0.2, 0.25) is 0 Å². The summed E-state index contributed by atoms with van der Waals surface area (Å²) in [6.45, 7) is 3.21. The minimum absolute atomic E-state index is 0.0960. The zero-order valence-electron chi connectivity index (χ0n) is 10.4. The molecular formula is C11H16O7. The van der Waals surface area contributed by atoms with Crippen LogP contribution in [0.1, 0.15) is 6.42 Å². The lowest BCUT2D eigenvalue weighted by atomic mass is 10.2. The predicted molar refractivity (Wildman–Crippen MR) is 59.6 cm³/mol. The Kier molecular flexibility index (Phi) is 8.21. The highest BCUT2D eigenvalue weighted by atomic mass is 16.6. The zero-order chi connectivity index (χ0) is 14.0. The molecule has 0 aliphatic heterocycles. The van der Waals surface area contributed by atoms with Gasteiger partial charge in [0.25, 0.3) is 0 Å². The quantitative estimate of drug-likeness (QED) is 0.259. The number of hydrogen-bond acceptors (Lipinski definition) is 7. The van der Waals surface area contributed by atoms with Crippen molar-refractivity contribution in [2.75, 3.05) is 34.0 Å². The van der Waals surface area contributed by atoms with Crippen LogP contribution in [0.15, 0.2) is 12.2 Å². The van der Waals surface area contributed by atoms with Crippen LogP contribution in [0.5, 0.6) is 0 Å². The van der Waals surface area contributed by atoms with Crippen LogP contribution in [0.4, 0.5) is 0 Å². The fourth-order valence-corrected chi connectivity index (χ4v) is 0.822. The maximum absolute atomic E-state index is 11.3. The van der Waals surface area contributed by atoms with Gasteiger partial charge in [0, 0.05) is 12.7 Å². The SMILES string of the molecule is C=C(CC(=O)OCCOC)C(=O)OCC(=O)OC. The molecule has 102 valence electrons. The molecular weight excluding hydrogens is 244 g/mol. The smallest absolute Gasteiger partial charge is 0.344 e. The molecule has 0 heterocycles. The third-order valence-corrected chi connectivity index (χ3v) is 1.75. The van der Waals surface area contributed by atoms with Gasteiger partial charge < -0.3 is 18.9 Å². The summed E-state index contributed by atoms with van der Waals surface area (Å²) in [7, 11) is 2.63. The van der Waals surface area contributed by atoms with Crippen molar-refractivity contribution < 1.29 is 33.3 Å². The molecule has 0 fully saturated rings. The average Bonchev–Trinajstić information content (AvgIpc) is 2.35. The van der Waals surface area contributed by atoms with Crippen LogP contribution in [0, 0.1) is 0 Å². The van der Waals surface area contributed by atoms with Gasteiger partial charge in [-0.2, -0.15) is 0 Å². The molecule has 0 aromatic rings. The first kappa shape index (κ1) is 16.1. The standard InChI is InChI=1S/C11H16O7/c1-8(6-9(12)17-5-4-15-2)11(14)18-7-10(13)16-3/h1,4-7H2,2-3H3. The number of esters is 3. The molecule has 18 heavy (non-hydrogen) atoms. The molecule has 0 radical (unpaired) electrons. The Labute approximate surface area is 105 Å². The monoisotopic (exact) mass is 260 g/mol. The lowest BCUT2D eigenvalue weighted by Gasteiger charge is -2.06. The van der Waals surface area contributed by atoms with E-state index in [1.807, 2.05) is 0 Å². The molecule has 0 aliphatic carbocycles. The second-order valence-electron chi connectivity index (χ2n) is 3.15. The van der Waals surface area contributed by atoms with E-state index in [9.17, 15) is 14.4 Å². The normalized spacial score (nSPS) is 9.44. The highest BCUT2D eigenvalue weighted by molar-refractivity contribution is 5.94. The van der Waals surface area contributed by atoms with Crippen molar-refractivity contribution >= 4 is 17.9 Å². The topological polar surface area (TPSA) is 88.1 Å². The average molecular weight is 260 g/mol. The van der Waals surface area contributed by atoms with Crippen molar-refractivity contribution in [3.63, 3.8) is 0 Å². The maximum Gasteiger partial charge on any atom is 0.344 e. The Morgan fingerprint density at radius 2 is 1.67 bits per heavy atom. The third kappa shape index (κ3) is 7.39. The van der Waals surface area contributed by atoms with E-state index in [0.717, 1.165) is 7.11 Å².